The molecule has 0 aliphatic carbocycles. The molecule has 1 aliphatic rings. The standard InChI is InChI=1S/C9H11BrClNO2S3/c10-9-7(11)5-8(16-9)17(13,14)12-6-1-3-15-4-2-6/h5-6,12H,1-4H2. The molecule has 2 rings (SSSR count). The molecule has 1 fully saturated rings. The number of thiophene rings is 1. The number of sulfonamides is 1. The number of nitrogens with one attached hydrogen (secondary N) is 1. The van der Waals surface area contributed by atoms with Gasteiger partial charge in [0.05, 0.1) is 8.81 Å². The Bertz CT molecular complexity index is 477. The molecule has 0 radical (unpaired) electrons. The van der Waals surface area contributed by atoms with Crippen LogP contribution in [-0.4, -0.2) is 26.0 Å². The molecular weight excluding hydrogens is 366 g/mol. The van der Waals surface area contributed by atoms with Crippen LogP contribution in [0.1, 0.15) is 12.8 Å². The van der Waals surface area contributed by atoms with Crippen molar-refractivity contribution in [2.75, 3.05) is 11.5 Å². The van der Waals surface area contributed by atoms with E-state index >= 15 is 0 Å². The summed E-state index contributed by atoms with van der Waals surface area (Å²) in [6.45, 7) is 0. The average molecular weight is 377 g/mol. The second-order valence-electron chi connectivity index (χ2n) is 3.70. The Hall–Kier alpha value is 0.730. The number of hydrogen-bond acceptors (Lipinski definition) is 4. The molecule has 2 heterocycles. The summed E-state index contributed by atoms with van der Waals surface area (Å²) in [5.74, 6) is 2.03. The van der Waals surface area contributed by atoms with E-state index < -0.39 is 10.0 Å². The molecule has 0 bridgehead atoms. The molecular formula is C9H11BrClNO2S3. The Balaban J connectivity index is 2.12. The van der Waals surface area contributed by atoms with Gasteiger partial charge in [-0.15, -0.1) is 11.3 Å². The van der Waals surface area contributed by atoms with E-state index in [0.29, 0.717) is 8.81 Å². The summed E-state index contributed by atoms with van der Waals surface area (Å²) in [6.07, 6.45) is 1.79. The number of halogens is 2. The highest BCUT2D eigenvalue weighted by atomic mass is 79.9. The Labute approximate surface area is 122 Å². The minimum absolute atomic E-state index is 0.0564. The van der Waals surface area contributed by atoms with Gasteiger partial charge < -0.3 is 0 Å². The van der Waals surface area contributed by atoms with Crippen molar-refractivity contribution in [2.24, 2.45) is 0 Å². The first-order valence-corrected chi connectivity index (χ1v) is 9.66. The summed E-state index contributed by atoms with van der Waals surface area (Å²) in [5, 5.41) is 0.439. The van der Waals surface area contributed by atoms with Crippen molar-refractivity contribution in [1.82, 2.24) is 4.72 Å². The quantitative estimate of drug-likeness (QED) is 0.880. The van der Waals surface area contributed by atoms with Crippen molar-refractivity contribution in [1.29, 1.82) is 0 Å². The second kappa shape index (κ2) is 5.79. The lowest BCUT2D eigenvalue weighted by Crippen LogP contribution is -2.36. The summed E-state index contributed by atoms with van der Waals surface area (Å²) in [5.41, 5.74) is 0. The molecule has 0 unspecified atom stereocenters. The monoisotopic (exact) mass is 375 g/mol. The first kappa shape index (κ1) is 14.1. The maximum Gasteiger partial charge on any atom is 0.250 e. The van der Waals surface area contributed by atoms with E-state index in [-0.39, 0.29) is 10.3 Å². The van der Waals surface area contributed by atoms with E-state index in [0.717, 1.165) is 35.7 Å². The van der Waals surface area contributed by atoms with Crippen LogP contribution in [0, 0.1) is 0 Å². The van der Waals surface area contributed by atoms with Gasteiger partial charge in [0.2, 0.25) is 10.0 Å². The second-order valence-corrected chi connectivity index (χ2v) is 9.64. The fourth-order valence-electron chi connectivity index (χ4n) is 1.55. The van der Waals surface area contributed by atoms with Crippen LogP contribution in [-0.2, 0) is 10.0 Å². The van der Waals surface area contributed by atoms with E-state index in [1.165, 1.54) is 6.07 Å². The minimum Gasteiger partial charge on any atom is -0.207 e. The normalized spacial score (nSPS) is 18.5. The summed E-state index contributed by atoms with van der Waals surface area (Å²) < 4.78 is 27.8. The molecule has 0 amide bonds. The van der Waals surface area contributed by atoms with Crippen LogP contribution < -0.4 is 4.72 Å². The highest BCUT2D eigenvalue weighted by Crippen LogP contribution is 2.34. The first-order chi connectivity index (χ1) is 7.99. The summed E-state index contributed by atoms with van der Waals surface area (Å²) in [4.78, 5) is 0. The predicted molar refractivity (Wildman–Crippen MR) is 77.7 cm³/mol. The van der Waals surface area contributed by atoms with Gasteiger partial charge in [-0.3, -0.25) is 0 Å². The number of rotatable bonds is 3. The van der Waals surface area contributed by atoms with E-state index in [2.05, 4.69) is 20.7 Å². The largest absolute Gasteiger partial charge is 0.250 e. The van der Waals surface area contributed by atoms with E-state index in [1.54, 1.807) is 0 Å². The smallest absolute Gasteiger partial charge is 0.207 e. The molecule has 1 saturated heterocycles. The third kappa shape index (κ3) is 3.61. The molecule has 1 aromatic heterocycles. The first-order valence-electron chi connectivity index (χ1n) is 5.04. The van der Waals surface area contributed by atoms with E-state index in [4.69, 9.17) is 11.6 Å². The highest BCUT2D eigenvalue weighted by molar-refractivity contribution is 9.11. The molecule has 17 heavy (non-hydrogen) atoms. The van der Waals surface area contributed by atoms with E-state index in [9.17, 15) is 8.42 Å². The topological polar surface area (TPSA) is 46.2 Å². The van der Waals surface area contributed by atoms with Crippen LogP contribution in [0.2, 0.25) is 5.02 Å². The lowest BCUT2D eigenvalue weighted by Gasteiger charge is -2.21. The van der Waals surface area contributed by atoms with Crippen molar-refractivity contribution in [3.63, 3.8) is 0 Å². The molecule has 0 saturated carbocycles. The van der Waals surface area contributed by atoms with Crippen molar-refractivity contribution in [3.8, 4) is 0 Å². The molecule has 3 nitrogen and oxygen atoms in total. The predicted octanol–water partition coefficient (Wildman–Crippen LogP) is 3.34. The van der Waals surface area contributed by atoms with Crippen LogP contribution in [0.25, 0.3) is 0 Å². The van der Waals surface area contributed by atoms with Crippen molar-refractivity contribution in [2.45, 2.75) is 23.1 Å². The van der Waals surface area contributed by atoms with Gasteiger partial charge in [-0.05, 0) is 46.3 Å². The summed E-state index contributed by atoms with van der Waals surface area (Å²) in [6, 6.07) is 1.54. The zero-order valence-corrected chi connectivity index (χ0v) is 13.6. The Morgan fingerprint density at radius 2 is 2.06 bits per heavy atom. The van der Waals surface area contributed by atoms with Crippen molar-refractivity contribution in [3.05, 3.63) is 14.9 Å². The van der Waals surface area contributed by atoms with Gasteiger partial charge in [-0.2, -0.15) is 11.8 Å². The average Bonchev–Trinajstić information content (AvgIpc) is 2.61. The molecule has 0 aromatic carbocycles. The zero-order valence-electron chi connectivity index (χ0n) is 8.78. The number of thioether (sulfide) groups is 1. The minimum atomic E-state index is -3.42. The van der Waals surface area contributed by atoms with Crippen LogP contribution in [0.4, 0.5) is 0 Å². The fraction of sp³-hybridized carbons (Fsp3) is 0.556. The summed E-state index contributed by atoms with van der Waals surface area (Å²) >= 11 is 12.1. The summed E-state index contributed by atoms with van der Waals surface area (Å²) in [7, 11) is -3.42. The Kier molecular flexibility index (Phi) is 4.82. The maximum atomic E-state index is 12.1. The van der Waals surface area contributed by atoms with Gasteiger partial charge in [0, 0.05) is 6.04 Å². The van der Waals surface area contributed by atoms with Gasteiger partial charge in [-0.25, -0.2) is 13.1 Å². The van der Waals surface area contributed by atoms with Crippen molar-refractivity contribution < 1.29 is 8.42 Å². The fourth-order valence-corrected chi connectivity index (χ4v) is 6.38. The Morgan fingerprint density at radius 3 is 2.59 bits per heavy atom. The van der Waals surface area contributed by atoms with Gasteiger partial charge in [0.1, 0.15) is 4.21 Å². The molecule has 96 valence electrons. The van der Waals surface area contributed by atoms with Crippen LogP contribution >= 0.6 is 50.6 Å². The zero-order chi connectivity index (χ0) is 12.5. The van der Waals surface area contributed by atoms with Gasteiger partial charge >= 0.3 is 0 Å². The molecule has 1 aromatic rings. The van der Waals surface area contributed by atoms with Crippen LogP contribution in [0.3, 0.4) is 0 Å². The maximum absolute atomic E-state index is 12.1. The Morgan fingerprint density at radius 1 is 1.41 bits per heavy atom. The van der Waals surface area contributed by atoms with Gasteiger partial charge in [-0.1, -0.05) is 11.6 Å². The molecule has 0 atom stereocenters. The lowest BCUT2D eigenvalue weighted by atomic mass is 10.2. The highest BCUT2D eigenvalue weighted by Gasteiger charge is 2.24. The molecule has 8 heteroatoms. The third-order valence-electron chi connectivity index (χ3n) is 2.43. The van der Waals surface area contributed by atoms with Crippen molar-refractivity contribution >= 4 is 60.7 Å². The molecule has 1 aliphatic heterocycles. The third-order valence-corrected chi connectivity index (χ3v) is 7.95. The van der Waals surface area contributed by atoms with E-state index in [1.807, 2.05) is 11.8 Å². The number of hydrogen-bond donors (Lipinski definition) is 1. The van der Waals surface area contributed by atoms with Gasteiger partial charge in [0.15, 0.2) is 0 Å². The van der Waals surface area contributed by atoms with Gasteiger partial charge in [0.25, 0.3) is 0 Å². The molecule has 0 spiro atoms. The van der Waals surface area contributed by atoms with Crippen LogP contribution in [0.5, 0.6) is 0 Å². The lowest BCUT2D eigenvalue weighted by molar-refractivity contribution is 0.530. The SMILES string of the molecule is O=S(=O)(NC1CCSCC1)c1cc(Cl)c(Br)s1. The molecule has 1 N–H and O–H groups in total. The van der Waals surface area contributed by atoms with Crippen LogP contribution in [0.15, 0.2) is 14.1 Å².